The number of rotatable bonds is 7. The molecule has 0 spiro atoms. The van der Waals surface area contributed by atoms with Gasteiger partial charge in [0.1, 0.15) is 10.7 Å². The zero-order valence-corrected chi connectivity index (χ0v) is 17.6. The summed E-state index contributed by atoms with van der Waals surface area (Å²) in [7, 11) is 0. The number of anilines is 3. The molecule has 0 saturated heterocycles. The summed E-state index contributed by atoms with van der Waals surface area (Å²) in [6.45, 7) is 1.33. The summed E-state index contributed by atoms with van der Waals surface area (Å²) in [5.41, 5.74) is 3.11. The van der Waals surface area contributed by atoms with Crippen molar-refractivity contribution in [3.05, 3.63) is 54.0 Å². The summed E-state index contributed by atoms with van der Waals surface area (Å²) in [6.07, 6.45) is 4.15. The molecule has 9 nitrogen and oxygen atoms in total. The van der Waals surface area contributed by atoms with Crippen LogP contribution in [0.25, 0.3) is 5.65 Å². The van der Waals surface area contributed by atoms with Crippen LogP contribution in [-0.4, -0.2) is 35.6 Å². The second kappa shape index (κ2) is 8.05. The van der Waals surface area contributed by atoms with E-state index in [1.54, 1.807) is 10.6 Å². The van der Waals surface area contributed by atoms with E-state index in [4.69, 9.17) is 4.98 Å². The zero-order valence-electron chi connectivity index (χ0n) is 16.8. The van der Waals surface area contributed by atoms with Gasteiger partial charge < -0.3 is 15.7 Å². The summed E-state index contributed by atoms with van der Waals surface area (Å²) in [6, 6.07) is 11.4. The number of aliphatic hydroxyl groups excluding tert-OH is 1. The summed E-state index contributed by atoms with van der Waals surface area (Å²) in [5.74, 6) is 1.73. The van der Waals surface area contributed by atoms with E-state index in [-0.39, 0.29) is 12.5 Å². The van der Waals surface area contributed by atoms with Gasteiger partial charge in [-0.15, -0.1) is 0 Å². The van der Waals surface area contributed by atoms with Gasteiger partial charge in [0.15, 0.2) is 5.82 Å². The van der Waals surface area contributed by atoms with Crippen molar-refractivity contribution < 1.29 is 9.90 Å². The molecule has 0 radical (unpaired) electrons. The Balaban J connectivity index is 1.44. The van der Waals surface area contributed by atoms with Crippen molar-refractivity contribution in [3.8, 4) is 0 Å². The molecule has 4 aromatic rings. The molecule has 4 N–H and O–H groups in total. The number of imidazole rings is 1. The van der Waals surface area contributed by atoms with Gasteiger partial charge in [0.25, 0.3) is 0 Å². The molecule has 1 amide bonds. The highest BCUT2D eigenvalue weighted by atomic mass is 32.2. The Morgan fingerprint density at radius 1 is 1.26 bits per heavy atom. The smallest absolute Gasteiger partial charge is 0.221 e. The van der Waals surface area contributed by atoms with Crippen LogP contribution in [0.2, 0.25) is 0 Å². The van der Waals surface area contributed by atoms with E-state index < -0.39 is 0 Å². The van der Waals surface area contributed by atoms with E-state index in [1.165, 1.54) is 31.5 Å². The van der Waals surface area contributed by atoms with E-state index in [1.807, 2.05) is 36.4 Å². The first-order chi connectivity index (χ1) is 15.1. The Hall–Kier alpha value is -3.37. The lowest BCUT2D eigenvalue weighted by Crippen LogP contribution is -2.05. The monoisotopic (exact) mass is 435 g/mol. The van der Waals surface area contributed by atoms with Crippen LogP contribution >= 0.6 is 11.8 Å². The summed E-state index contributed by atoms with van der Waals surface area (Å²) in [5, 5.41) is 23.7. The lowest BCUT2D eigenvalue weighted by Gasteiger charge is -2.09. The summed E-state index contributed by atoms with van der Waals surface area (Å²) >= 11 is 1.48. The number of H-pyrrole nitrogens is 1. The third-order valence-electron chi connectivity index (χ3n) is 4.89. The van der Waals surface area contributed by atoms with E-state index >= 15 is 0 Å². The highest BCUT2D eigenvalue weighted by molar-refractivity contribution is 7.99. The first kappa shape index (κ1) is 19.6. The average molecular weight is 436 g/mol. The van der Waals surface area contributed by atoms with Crippen LogP contribution in [0, 0.1) is 0 Å². The number of aromatic amines is 1. The number of carbonyl (C=O) groups is 1. The van der Waals surface area contributed by atoms with Gasteiger partial charge in [0.2, 0.25) is 11.9 Å². The normalized spacial score (nSPS) is 13.5. The van der Waals surface area contributed by atoms with Crippen molar-refractivity contribution in [1.29, 1.82) is 0 Å². The lowest BCUT2D eigenvalue weighted by atomic mass is 10.3. The van der Waals surface area contributed by atoms with E-state index in [9.17, 15) is 9.90 Å². The molecule has 3 heterocycles. The van der Waals surface area contributed by atoms with Crippen molar-refractivity contribution in [1.82, 2.24) is 24.6 Å². The predicted molar refractivity (Wildman–Crippen MR) is 118 cm³/mol. The molecule has 1 aliphatic carbocycles. The van der Waals surface area contributed by atoms with Gasteiger partial charge in [-0.3, -0.25) is 14.3 Å². The fourth-order valence-corrected chi connectivity index (χ4v) is 4.09. The number of hydrogen-bond donors (Lipinski definition) is 4. The van der Waals surface area contributed by atoms with Crippen molar-refractivity contribution >= 4 is 40.8 Å². The van der Waals surface area contributed by atoms with Gasteiger partial charge in [-0.25, -0.2) is 9.97 Å². The number of benzene rings is 1. The van der Waals surface area contributed by atoms with Crippen LogP contribution in [0.15, 0.2) is 52.5 Å². The van der Waals surface area contributed by atoms with Gasteiger partial charge in [0.05, 0.1) is 12.3 Å². The van der Waals surface area contributed by atoms with Crippen LogP contribution in [0.5, 0.6) is 0 Å². The first-order valence-electron chi connectivity index (χ1n) is 9.95. The maximum Gasteiger partial charge on any atom is 0.221 e. The molecule has 158 valence electrons. The average Bonchev–Trinajstić information content (AvgIpc) is 3.34. The molecule has 1 aliphatic rings. The Bertz CT molecular complexity index is 1240. The van der Waals surface area contributed by atoms with Crippen molar-refractivity contribution in [3.63, 3.8) is 0 Å². The maximum absolute atomic E-state index is 11.2. The van der Waals surface area contributed by atoms with Crippen LogP contribution < -0.4 is 10.6 Å². The Kier molecular flexibility index (Phi) is 5.08. The number of aromatic nitrogens is 5. The lowest BCUT2D eigenvalue weighted by molar-refractivity contribution is -0.114. The molecule has 1 saturated carbocycles. The molecular formula is C21H21N7O2S. The number of nitrogens with one attached hydrogen (secondary N) is 3. The number of hydrogen-bond acceptors (Lipinski definition) is 7. The van der Waals surface area contributed by atoms with E-state index in [0.717, 1.165) is 21.3 Å². The van der Waals surface area contributed by atoms with Gasteiger partial charge >= 0.3 is 0 Å². The summed E-state index contributed by atoms with van der Waals surface area (Å²) < 4.78 is 1.81. The van der Waals surface area contributed by atoms with Gasteiger partial charge in [-0.05, 0) is 37.1 Å². The minimum atomic E-state index is -0.150. The molecule has 5 rings (SSSR count). The molecule has 0 atom stereocenters. The standard InChI is InChI=1S/C21H21N7O2S/c1-12(30)22-14-4-6-16(7-5-14)31-20-9-19-23-15(11-29)10-28(19)21(25-20)24-18-8-17(26-27-18)13-2-3-13/h4-10,13,29H,2-3,11H2,1H3,(H,22,30)(H2,24,25,26,27). The minimum Gasteiger partial charge on any atom is -0.390 e. The number of amides is 1. The molecule has 1 fully saturated rings. The van der Waals surface area contributed by atoms with E-state index in [0.29, 0.717) is 29.0 Å². The first-order valence-corrected chi connectivity index (χ1v) is 10.8. The molecule has 10 heteroatoms. The fourth-order valence-electron chi connectivity index (χ4n) is 3.28. The summed E-state index contributed by atoms with van der Waals surface area (Å²) in [4.78, 5) is 21.4. The molecular weight excluding hydrogens is 414 g/mol. The number of fused-ring (bicyclic) bond motifs is 1. The Labute approximate surface area is 182 Å². The maximum atomic E-state index is 11.2. The fraction of sp³-hybridized carbons (Fsp3) is 0.238. The van der Waals surface area contributed by atoms with Crippen LogP contribution in [0.1, 0.15) is 37.1 Å². The number of aliphatic hydroxyl groups is 1. The molecule has 1 aromatic carbocycles. The van der Waals surface area contributed by atoms with E-state index in [2.05, 4.69) is 25.8 Å². The Morgan fingerprint density at radius 3 is 2.77 bits per heavy atom. The quantitative estimate of drug-likeness (QED) is 0.327. The molecule has 0 aliphatic heterocycles. The van der Waals surface area contributed by atoms with Crippen molar-refractivity contribution in [2.75, 3.05) is 10.6 Å². The van der Waals surface area contributed by atoms with Gasteiger partial charge in [-0.2, -0.15) is 5.10 Å². The van der Waals surface area contributed by atoms with Crippen molar-refractivity contribution in [2.45, 2.75) is 42.2 Å². The van der Waals surface area contributed by atoms with Crippen LogP contribution in [-0.2, 0) is 11.4 Å². The molecule has 31 heavy (non-hydrogen) atoms. The molecule has 0 unspecified atom stereocenters. The topological polar surface area (TPSA) is 120 Å². The zero-order chi connectivity index (χ0) is 21.4. The second-order valence-corrected chi connectivity index (χ2v) is 8.55. The highest BCUT2D eigenvalue weighted by Crippen LogP contribution is 2.39. The van der Waals surface area contributed by atoms with Gasteiger partial charge in [-0.1, -0.05) is 11.8 Å². The Morgan fingerprint density at radius 2 is 2.06 bits per heavy atom. The van der Waals surface area contributed by atoms with Crippen molar-refractivity contribution in [2.24, 2.45) is 0 Å². The largest absolute Gasteiger partial charge is 0.390 e. The predicted octanol–water partition coefficient (Wildman–Crippen LogP) is 3.68. The molecule has 0 bridgehead atoms. The third-order valence-corrected chi connectivity index (χ3v) is 5.82. The minimum absolute atomic E-state index is 0.106. The van der Waals surface area contributed by atoms with Crippen LogP contribution in [0.3, 0.4) is 0 Å². The molecule has 3 aromatic heterocycles. The van der Waals surface area contributed by atoms with Crippen LogP contribution in [0.4, 0.5) is 17.5 Å². The highest BCUT2D eigenvalue weighted by Gasteiger charge is 2.25. The number of carbonyl (C=O) groups excluding carboxylic acids is 1. The third kappa shape index (κ3) is 4.39. The second-order valence-electron chi connectivity index (χ2n) is 7.45. The SMILES string of the molecule is CC(=O)Nc1ccc(Sc2cc3nc(CO)cn3c(Nc3cc(C4CC4)[nH]n3)n2)cc1. The number of nitrogens with zero attached hydrogens (tertiary/aromatic N) is 4. The van der Waals surface area contributed by atoms with Gasteiger partial charge in [0, 0.05) is 47.4 Å².